The summed E-state index contributed by atoms with van der Waals surface area (Å²) in [5, 5.41) is 0.566. The summed E-state index contributed by atoms with van der Waals surface area (Å²) >= 11 is 1.12. The van der Waals surface area contributed by atoms with Gasteiger partial charge in [-0.1, -0.05) is 12.1 Å². The second-order valence-electron chi connectivity index (χ2n) is 3.99. The number of esters is 1. The van der Waals surface area contributed by atoms with Crippen molar-refractivity contribution >= 4 is 29.1 Å². The fourth-order valence-electron chi connectivity index (χ4n) is 1.61. The summed E-state index contributed by atoms with van der Waals surface area (Å²) in [6, 6.07) is 5.85. The molecular weight excluding hydrogens is 323 g/mol. The van der Waals surface area contributed by atoms with Crippen LogP contribution in [0.5, 0.6) is 0 Å². The van der Waals surface area contributed by atoms with Gasteiger partial charge < -0.3 is 4.74 Å². The Morgan fingerprint density at radius 3 is 2.43 bits per heavy atom. The molecule has 3 nitrogen and oxygen atoms in total. The van der Waals surface area contributed by atoms with E-state index in [1.807, 2.05) is 0 Å². The van der Waals surface area contributed by atoms with E-state index in [1.165, 1.54) is 30.6 Å². The number of aromatic nitrogens is 1. The number of carbonyl (C=O) groups is 1. The molecule has 0 saturated heterocycles. The molecule has 0 saturated carbocycles. The smallest absolute Gasteiger partial charge is 0.446 e. The van der Waals surface area contributed by atoms with Gasteiger partial charge in [0.05, 0.1) is 7.11 Å². The van der Waals surface area contributed by atoms with Crippen molar-refractivity contribution in [3.63, 3.8) is 0 Å². The summed E-state index contributed by atoms with van der Waals surface area (Å²) < 4.78 is 41.4. The fraction of sp³-hybridized carbons (Fsp3) is 0.231. The molecule has 0 bridgehead atoms. The van der Waals surface area contributed by atoms with E-state index in [1.54, 1.807) is 19.1 Å². The Bertz CT molecular complexity index is 650. The normalized spacial score (nSPS) is 11.5. The molecule has 0 amide bonds. The number of aryl methyl sites for hydroxylation is 1. The molecule has 1 heterocycles. The third kappa shape index (κ3) is 3.98. The topological polar surface area (TPSA) is 39.2 Å². The van der Waals surface area contributed by atoms with E-state index in [0.717, 1.165) is 0 Å². The van der Waals surface area contributed by atoms with E-state index in [2.05, 4.69) is 9.72 Å². The van der Waals surface area contributed by atoms with Crippen molar-refractivity contribution in [2.24, 2.45) is 0 Å². The van der Waals surface area contributed by atoms with Crippen LogP contribution in [-0.4, -0.2) is 23.6 Å². The van der Waals surface area contributed by atoms with Crippen LogP contribution in [-0.2, 0) is 4.74 Å². The molecule has 0 aliphatic carbocycles. The second-order valence-corrected chi connectivity index (χ2v) is 6.33. The van der Waals surface area contributed by atoms with Gasteiger partial charge in [-0.25, -0.2) is 9.78 Å². The number of hydrogen-bond acceptors (Lipinski definition) is 5. The molecule has 2 aromatic rings. The molecule has 0 fully saturated rings. The van der Waals surface area contributed by atoms with Gasteiger partial charge in [-0.3, -0.25) is 0 Å². The van der Waals surface area contributed by atoms with Crippen LogP contribution in [0.1, 0.15) is 15.4 Å². The van der Waals surface area contributed by atoms with Crippen molar-refractivity contribution in [2.45, 2.75) is 17.3 Å². The monoisotopic (exact) mass is 333 g/mol. The maximum atomic E-state index is 12.3. The highest BCUT2D eigenvalue weighted by atomic mass is 32.2. The molecule has 0 spiro atoms. The average molecular weight is 333 g/mol. The number of hydrogen-bond donors (Lipinski definition) is 0. The van der Waals surface area contributed by atoms with Crippen molar-refractivity contribution in [3.8, 4) is 10.6 Å². The van der Waals surface area contributed by atoms with E-state index in [9.17, 15) is 18.0 Å². The number of thiazole rings is 1. The second kappa shape index (κ2) is 6.07. The quantitative estimate of drug-likeness (QED) is 0.612. The van der Waals surface area contributed by atoms with Gasteiger partial charge in [0, 0.05) is 15.3 Å². The summed E-state index contributed by atoms with van der Waals surface area (Å²) in [6.45, 7) is 1.74. The molecule has 0 unspecified atom stereocenters. The largest absolute Gasteiger partial charge is 0.464 e. The van der Waals surface area contributed by atoms with Gasteiger partial charge in [-0.2, -0.15) is 13.2 Å². The summed E-state index contributed by atoms with van der Waals surface area (Å²) in [7, 11) is 1.27. The Kier molecular flexibility index (Phi) is 4.58. The standard InChI is InChI=1S/C13H10F3NO2S2/c1-7-10(12(18)19-2)17-11(20-7)8-3-5-9(6-4-8)21-13(14,15)16/h3-6H,1-2H3. The van der Waals surface area contributed by atoms with Gasteiger partial charge in [-0.05, 0) is 30.8 Å². The third-order valence-electron chi connectivity index (χ3n) is 2.51. The molecule has 2 rings (SSSR count). The highest BCUT2D eigenvalue weighted by molar-refractivity contribution is 8.00. The van der Waals surface area contributed by atoms with Gasteiger partial charge in [0.2, 0.25) is 0 Å². The predicted octanol–water partition coefficient (Wildman–Crippen LogP) is 4.52. The molecule has 0 atom stereocenters. The number of carbonyl (C=O) groups excluding carboxylic acids is 1. The number of rotatable bonds is 3. The summed E-state index contributed by atoms with van der Waals surface area (Å²) in [4.78, 5) is 16.5. The zero-order valence-corrected chi connectivity index (χ0v) is 12.7. The van der Waals surface area contributed by atoms with Crippen LogP contribution in [0.15, 0.2) is 29.2 Å². The summed E-state index contributed by atoms with van der Waals surface area (Å²) in [6.07, 6.45) is 0. The van der Waals surface area contributed by atoms with Gasteiger partial charge in [0.25, 0.3) is 0 Å². The molecule has 0 N–H and O–H groups in total. The number of alkyl halides is 3. The molecule has 8 heteroatoms. The minimum atomic E-state index is -4.31. The first-order valence-corrected chi connectivity index (χ1v) is 7.35. The van der Waals surface area contributed by atoms with Crippen molar-refractivity contribution < 1.29 is 22.7 Å². The fourth-order valence-corrected chi connectivity index (χ4v) is 3.05. The Morgan fingerprint density at radius 2 is 1.90 bits per heavy atom. The lowest BCUT2D eigenvalue weighted by Gasteiger charge is -2.05. The van der Waals surface area contributed by atoms with Crippen LogP contribution >= 0.6 is 23.1 Å². The molecule has 0 aliphatic heterocycles. The zero-order chi connectivity index (χ0) is 15.6. The van der Waals surface area contributed by atoms with Crippen LogP contribution in [0.2, 0.25) is 0 Å². The lowest BCUT2D eigenvalue weighted by Crippen LogP contribution is -2.03. The highest BCUT2D eigenvalue weighted by Gasteiger charge is 2.29. The highest BCUT2D eigenvalue weighted by Crippen LogP contribution is 2.37. The van der Waals surface area contributed by atoms with Crippen molar-refractivity contribution in [2.75, 3.05) is 7.11 Å². The van der Waals surface area contributed by atoms with E-state index in [4.69, 9.17) is 0 Å². The Balaban J connectivity index is 2.25. The maximum Gasteiger partial charge on any atom is 0.446 e. The van der Waals surface area contributed by atoms with E-state index >= 15 is 0 Å². The number of methoxy groups -OCH3 is 1. The molecule has 112 valence electrons. The molecular formula is C13H10F3NO2S2. The minimum Gasteiger partial charge on any atom is -0.464 e. The molecule has 1 aromatic carbocycles. The van der Waals surface area contributed by atoms with Gasteiger partial charge in [-0.15, -0.1) is 11.3 Å². The van der Waals surface area contributed by atoms with Crippen LogP contribution in [0, 0.1) is 6.92 Å². The van der Waals surface area contributed by atoms with Crippen LogP contribution in [0.3, 0.4) is 0 Å². The number of thioether (sulfide) groups is 1. The molecule has 0 radical (unpaired) electrons. The Morgan fingerprint density at radius 1 is 1.29 bits per heavy atom. The van der Waals surface area contributed by atoms with Crippen LogP contribution < -0.4 is 0 Å². The van der Waals surface area contributed by atoms with E-state index in [-0.39, 0.29) is 22.4 Å². The summed E-state index contributed by atoms with van der Waals surface area (Å²) in [5.41, 5.74) is -3.42. The maximum absolute atomic E-state index is 12.3. The van der Waals surface area contributed by atoms with Crippen molar-refractivity contribution in [3.05, 3.63) is 34.8 Å². The summed E-state index contributed by atoms with van der Waals surface area (Å²) in [5.74, 6) is -0.528. The third-order valence-corrected chi connectivity index (χ3v) is 4.27. The zero-order valence-electron chi connectivity index (χ0n) is 11.0. The van der Waals surface area contributed by atoms with E-state index in [0.29, 0.717) is 15.4 Å². The first kappa shape index (κ1) is 15.8. The number of ether oxygens (including phenoxy) is 1. The van der Waals surface area contributed by atoms with Gasteiger partial charge >= 0.3 is 11.5 Å². The molecule has 1 aromatic heterocycles. The Labute approximate surface area is 127 Å². The SMILES string of the molecule is COC(=O)c1nc(-c2ccc(SC(F)(F)F)cc2)sc1C. The van der Waals surface area contributed by atoms with Crippen LogP contribution in [0.25, 0.3) is 10.6 Å². The number of halogens is 3. The Hall–Kier alpha value is -1.54. The van der Waals surface area contributed by atoms with Gasteiger partial charge in [0.1, 0.15) is 5.01 Å². The lowest BCUT2D eigenvalue weighted by atomic mass is 10.2. The van der Waals surface area contributed by atoms with Gasteiger partial charge in [0.15, 0.2) is 5.69 Å². The van der Waals surface area contributed by atoms with Crippen molar-refractivity contribution in [1.82, 2.24) is 4.98 Å². The predicted molar refractivity (Wildman–Crippen MR) is 75.5 cm³/mol. The number of nitrogens with zero attached hydrogens (tertiary/aromatic N) is 1. The average Bonchev–Trinajstić information content (AvgIpc) is 2.79. The lowest BCUT2D eigenvalue weighted by molar-refractivity contribution is -0.0328. The minimum absolute atomic E-state index is 0.104. The first-order chi connectivity index (χ1) is 9.80. The van der Waals surface area contributed by atoms with Crippen LogP contribution in [0.4, 0.5) is 13.2 Å². The van der Waals surface area contributed by atoms with E-state index < -0.39 is 11.5 Å². The molecule has 0 aliphatic rings. The first-order valence-electron chi connectivity index (χ1n) is 5.72. The van der Waals surface area contributed by atoms with Crippen molar-refractivity contribution in [1.29, 1.82) is 0 Å². The molecule has 21 heavy (non-hydrogen) atoms. The number of benzene rings is 1.